The average Bonchev–Trinajstić information content (AvgIpc) is 2.56. The monoisotopic (exact) mass is 366 g/mol. The first-order valence-corrected chi connectivity index (χ1v) is 12.4. The van der Waals surface area contributed by atoms with Gasteiger partial charge in [0.25, 0.3) is 7.42 Å². The summed E-state index contributed by atoms with van der Waals surface area (Å²) in [6, 6.07) is 14.8. The second kappa shape index (κ2) is 9.36. The molecule has 0 aliphatic heterocycles. The van der Waals surface area contributed by atoms with Gasteiger partial charge in [-0.2, -0.15) is 0 Å². The van der Waals surface area contributed by atoms with E-state index in [1.165, 1.54) is 11.1 Å². The highest BCUT2D eigenvalue weighted by atomic mass is 35.7. The molecule has 0 aliphatic rings. The topological polar surface area (TPSA) is 9.23 Å². The van der Waals surface area contributed by atoms with Crippen LogP contribution >= 0.6 is 22.2 Å². The van der Waals surface area contributed by atoms with Gasteiger partial charge >= 0.3 is 0 Å². The van der Waals surface area contributed by atoms with Gasteiger partial charge in [-0.3, -0.25) is 0 Å². The molecule has 0 saturated carbocycles. The molecular formula is C19H24Cl2OSi. The predicted molar refractivity (Wildman–Crippen MR) is 105 cm³/mol. The molecule has 23 heavy (non-hydrogen) atoms. The normalized spacial score (nSPS) is 11.0. The van der Waals surface area contributed by atoms with Crippen molar-refractivity contribution in [2.24, 2.45) is 0 Å². The highest BCUT2D eigenvalue weighted by Gasteiger charge is 2.15. The van der Waals surface area contributed by atoms with Crippen molar-refractivity contribution >= 4 is 34.8 Å². The number of hydrogen-bond donors (Lipinski definition) is 0. The first-order chi connectivity index (χ1) is 11.2. The van der Waals surface area contributed by atoms with E-state index in [2.05, 4.69) is 44.2 Å². The lowest BCUT2D eigenvalue weighted by atomic mass is 10.0. The molecule has 2 aromatic rings. The zero-order valence-corrected chi connectivity index (χ0v) is 16.5. The number of hydrogen-bond acceptors (Lipinski definition) is 1. The molecule has 0 bridgehead atoms. The van der Waals surface area contributed by atoms with Crippen LogP contribution in [-0.4, -0.2) is 14.0 Å². The molecule has 2 rings (SSSR count). The quantitative estimate of drug-likeness (QED) is 0.345. The molecule has 0 aromatic heterocycles. The van der Waals surface area contributed by atoms with Gasteiger partial charge in [0.15, 0.2) is 0 Å². The van der Waals surface area contributed by atoms with Gasteiger partial charge in [0, 0.05) is 0 Å². The Hall–Kier alpha value is -0.963. The Bertz CT molecular complexity index is 611. The molecule has 0 amide bonds. The fourth-order valence-corrected chi connectivity index (χ4v) is 4.42. The van der Waals surface area contributed by atoms with Crippen LogP contribution in [-0.2, 0) is 6.42 Å². The van der Waals surface area contributed by atoms with Crippen molar-refractivity contribution in [2.45, 2.75) is 39.5 Å². The summed E-state index contributed by atoms with van der Waals surface area (Å²) in [5, 5.41) is 1.03. The largest absolute Gasteiger partial charge is 0.494 e. The lowest BCUT2D eigenvalue weighted by Gasteiger charge is -2.13. The molecule has 0 atom stereocenters. The SMILES string of the molecule is CCCCOc1ccc(-c2ccc(CCC)cc2)c([SiH](Cl)Cl)c1. The van der Waals surface area contributed by atoms with Crippen molar-refractivity contribution in [3.8, 4) is 16.9 Å². The Morgan fingerprint density at radius 1 is 0.957 bits per heavy atom. The first-order valence-electron chi connectivity index (χ1n) is 8.30. The zero-order chi connectivity index (χ0) is 16.7. The molecule has 0 radical (unpaired) electrons. The summed E-state index contributed by atoms with van der Waals surface area (Å²) in [4.78, 5) is 0. The van der Waals surface area contributed by atoms with Crippen molar-refractivity contribution in [1.29, 1.82) is 0 Å². The van der Waals surface area contributed by atoms with E-state index in [1.54, 1.807) is 0 Å². The number of unbranched alkanes of at least 4 members (excludes halogenated alkanes) is 1. The Labute approximate surface area is 150 Å². The molecule has 0 fully saturated rings. The molecule has 2 aromatic carbocycles. The third-order valence-corrected chi connectivity index (χ3v) is 6.19. The average molecular weight is 367 g/mol. The molecule has 0 unspecified atom stereocenters. The van der Waals surface area contributed by atoms with Crippen LogP contribution in [0, 0.1) is 0 Å². The van der Waals surface area contributed by atoms with Gasteiger partial charge in [-0.1, -0.05) is 57.0 Å². The van der Waals surface area contributed by atoms with Crippen LogP contribution in [0.25, 0.3) is 11.1 Å². The van der Waals surface area contributed by atoms with E-state index in [0.717, 1.165) is 48.8 Å². The van der Waals surface area contributed by atoms with E-state index in [4.69, 9.17) is 26.9 Å². The summed E-state index contributed by atoms with van der Waals surface area (Å²) >= 11 is 12.6. The lowest BCUT2D eigenvalue weighted by Crippen LogP contribution is -2.21. The predicted octanol–water partition coefficient (Wildman–Crippen LogP) is 5.39. The fraction of sp³-hybridized carbons (Fsp3) is 0.368. The Balaban J connectivity index is 2.26. The van der Waals surface area contributed by atoms with E-state index in [-0.39, 0.29) is 0 Å². The van der Waals surface area contributed by atoms with Crippen molar-refractivity contribution in [2.75, 3.05) is 6.61 Å². The van der Waals surface area contributed by atoms with Gasteiger partial charge in [0.1, 0.15) is 5.75 Å². The summed E-state index contributed by atoms with van der Waals surface area (Å²) in [6.07, 6.45) is 4.45. The summed E-state index contributed by atoms with van der Waals surface area (Å²) in [6.45, 7) is 5.08. The molecule has 0 spiro atoms. The zero-order valence-electron chi connectivity index (χ0n) is 13.8. The van der Waals surface area contributed by atoms with Crippen LogP contribution in [0.5, 0.6) is 5.75 Å². The highest BCUT2D eigenvalue weighted by molar-refractivity contribution is 7.39. The molecule has 0 aliphatic carbocycles. The Morgan fingerprint density at radius 3 is 2.30 bits per heavy atom. The summed E-state index contributed by atoms with van der Waals surface area (Å²) in [5.41, 5.74) is 3.65. The van der Waals surface area contributed by atoms with Crippen LogP contribution < -0.4 is 9.92 Å². The highest BCUT2D eigenvalue weighted by Crippen LogP contribution is 2.24. The van der Waals surface area contributed by atoms with E-state index < -0.39 is 7.42 Å². The molecule has 0 heterocycles. The van der Waals surface area contributed by atoms with E-state index in [0.29, 0.717) is 0 Å². The van der Waals surface area contributed by atoms with Crippen LogP contribution in [0.3, 0.4) is 0 Å². The van der Waals surface area contributed by atoms with E-state index in [9.17, 15) is 0 Å². The number of benzene rings is 2. The third-order valence-electron chi connectivity index (χ3n) is 3.83. The van der Waals surface area contributed by atoms with Crippen LogP contribution in [0.15, 0.2) is 42.5 Å². The second-order valence-corrected chi connectivity index (χ2v) is 10.2. The summed E-state index contributed by atoms with van der Waals surface area (Å²) in [5.74, 6) is 0.860. The molecule has 0 N–H and O–H groups in total. The Morgan fingerprint density at radius 2 is 1.70 bits per heavy atom. The third kappa shape index (κ3) is 5.27. The van der Waals surface area contributed by atoms with E-state index >= 15 is 0 Å². The minimum Gasteiger partial charge on any atom is -0.494 e. The maximum Gasteiger partial charge on any atom is 0.267 e. The van der Waals surface area contributed by atoms with Gasteiger partial charge in [0.05, 0.1) is 6.61 Å². The molecule has 0 saturated heterocycles. The van der Waals surface area contributed by atoms with Gasteiger partial charge < -0.3 is 4.74 Å². The number of aryl methyl sites for hydroxylation is 1. The smallest absolute Gasteiger partial charge is 0.267 e. The van der Waals surface area contributed by atoms with Crippen LogP contribution in [0.1, 0.15) is 38.7 Å². The second-order valence-electron chi connectivity index (χ2n) is 5.70. The van der Waals surface area contributed by atoms with Crippen molar-refractivity contribution in [3.05, 3.63) is 48.0 Å². The summed E-state index contributed by atoms with van der Waals surface area (Å²) in [7, 11) is -1.97. The number of halogens is 2. The molecular weight excluding hydrogens is 343 g/mol. The molecule has 1 nitrogen and oxygen atoms in total. The minimum absolute atomic E-state index is 0.734. The first kappa shape index (κ1) is 18.4. The Kier molecular flexibility index (Phi) is 7.48. The van der Waals surface area contributed by atoms with Crippen LogP contribution in [0.4, 0.5) is 0 Å². The van der Waals surface area contributed by atoms with Crippen molar-refractivity contribution < 1.29 is 4.74 Å². The van der Waals surface area contributed by atoms with Crippen LogP contribution in [0.2, 0.25) is 0 Å². The molecule has 124 valence electrons. The summed E-state index contributed by atoms with van der Waals surface area (Å²) < 4.78 is 5.78. The lowest BCUT2D eigenvalue weighted by molar-refractivity contribution is 0.309. The maximum atomic E-state index is 6.32. The van der Waals surface area contributed by atoms with E-state index in [1.807, 2.05) is 12.1 Å². The number of ether oxygens (including phenoxy) is 1. The maximum absolute atomic E-state index is 6.32. The standard InChI is InChI=1S/C19H24Cl2OSi/c1-3-5-13-22-17-11-12-18(19(14-17)23(20)21)16-9-7-15(6-4-2)8-10-16/h7-12,14,23H,3-6,13H2,1-2H3. The minimum atomic E-state index is -1.97. The van der Waals surface area contributed by atoms with Gasteiger partial charge in [0.2, 0.25) is 0 Å². The van der Waals surface area contributed by atoms with Crippen molar-refractivity contribution in [1.82, 2.24) is 0 Å². The van der Waals surface area contributed by atoms with Crippen molar-refractivity contribution in [3.63, 3.8) is 0 Å². The number of rotatable bonds is 8. The fourth-order valence-electron chi connectivity index (χ4n) is 2.55. The molecule has 4 heteroatoms. The van der Waals surface area contributed by atoms with Gasteiger partial charge in [-0.25, -0.2) is 0 Å². The van der Waals surface area contributed by atoms with Gasteiger partial charge in [-0.05, 0) is 46.9 Å². The van der Waals surface area contributed by atoms with Gasteiger partial charge in [-0.15, -0.1) is 22.2 Å².